The van der Waals surface area contributed by atoms with Crippen LogP contribution in [0.25, 0.3) is 0 Å². The number of anilines is 2. The number of hydrogen-bond acceptors (Lipinski definition) is 5. The molecule has 0 fully saturated rings. The fourth-order valence-electron chi connectivity index (χ4n) is 4.14. The lowest BCUT2D eigenvalue weighted by Gasteiger charge is -2.30. The molecule has 1 aliphatic carbocycles. The van der Waals surface area contributed by atoms with Crippen LogP contribution in [0.4, 0.5) is 11.4 Å². The number of fused-ring (bicyclic) bond motifs is 1. The quantitative estimate of drug-likeness (QED) is 0.320. The summed E-state index contributed by atoms with van der Waals surface area (Å²) in [4.78, 5) is 26.3. The molecular weight excluding hydrogens is 400 g/mol. The van der Waals surface area contributed by atoms with Crippen LogP contribution < -0.4 is 16.8 Å². The Kier molecular flexibility index (Phi) is 6.65. The fraction of sp³-hybridized carbons (Fsp3) is 0.231. The van der Waals surface area contributed by atoms with Crippen LogP contribution in [0.2, 0.25) is 0 Å². The summed E-state index contributed by atoms with van der Waals surface area (Å²) >= 11 is 0. The summed E-state index contributed by atoms with van der Waals surface area (Å²) in [6.07, 6.45) is 2.22. The number of ketones is 2. The Morgan fingerprint density at radius 3 is 2.38 bits per heavy atom. The van der Waals surface area contributed by atoms with Crippen LogP contribution in [-0.2, 0) is 6.54 Å². The minimum Gasteiger partial charge on any atom is -0.399 e. The Morgan fingerprint density at radius 1 is 1.06 bits per heavy atom. The third-order valence-electron chi connectivity index (χ3n) is 5.67. The van der Waals surface area contributed by atoms with Crippen molar-refractivity contribution in [3.8, 4) is 0 Å². The molecule has 32 heavy (non-hydrogen) atoms. The number of carbonyl (C=O) groups is 2. The molecule has 2 aromatic carbocycles. The lowest BCUT2D eigenvalue weighted by Crippen LogP contribution is -2.40. The number of nitrogens with one attached hydrogen (secondary N) is 1. The highest BCUT2D eigenvalue weighted by molar-refractivity contribution is 6.32. The van der Waals surface area contributed by atoms with Crippen molar-refractivity contribution in [3.63, 3.8) is 0 Å². The lowest BCUT2D eigenvalue weighted by molar-refractivity contribution is -0.903. The number of rotatable bonds is 9. The van der Waals surface area contributed by atoms with Crippen LogP contribution in [0.15, 0.2) is 78.5 Å². The topological polar surface area (TPSA) is 98.2 Å². The molecular formula is C26H31N4O2+. The van der Waals surface area contributed by atoms with Crippen molar-refractivity contribution in [2.24, 2.45) is 5.73 Å². The Morgan fingerprint density at radius 2 is 1.75 bits per heavy atom. The highest BCUT2D eigenvalue weighted by Crippen LogP contribution is 2.36. The molecule has 6 nitrogen and oxygen atoms in total. The Bertz CT molecular complexity index is 1110. The van der Waals surface area contributed by atoms with Crippen molar-refractivity contribution in [3.05, 3.63) is 95.2 Å². The summed E-state index contributed by atoms with van der Waals surface area (Å²) in [6, 6.07) is 13.8. The van der Waals surface area contributed by atoms with Crippen LogP contribution in [0.1, 0.15) is 32.7 Å². The molecule has 0 heterocycles. The standard InChI is InChI=1S/C26H30N4O2/c1-5-19-22(17(2)27)26(32)24-21(13-12-20(28)23(24)25(19)31)29-14-9-15-30(3,4)16-18-10-7-6-8-11-18/h5-8,10-13H,1-2,9,14-16,27H2,3-4H3,(H2-,28,29,31,32)/p+1. The fourth-order valence-corrected chi connectivity index (χ4v) is 4.14. The van der Waals surface area contributed by atoms with E-state index in [9.17, 15) is 9.59 Å². The summed E-state index contributed by atoms with van der Waals surface area (Å²) in [6.45, 7) is 9.84. The maximum absolute atomic E-state index is 13.2. The molecule has 2 aromatic rings. The summed E-state index contributed by atoms with van der Waals surface area (Å²) in [5.41, 5.74) is 14.7. The predicted molar refractivity (Wildman–Crippen MR) is 130 cm³/mol. The number of nitrogens with two attached hydrogens (primary N) is 2. The molecule has 0 atom stereocenters. The van der Waals surface area contributed by atoms with Crippen molar-refractivity contribution in [1.29, 1.82) is 0 Å². The number of carbonyl (C=O) groups excluding carboxylic acids is 2. The van der Waals surface area contributed by atoms with Gasteiger partial charge < -0.3 is 21.3 Å². The SMILES string of the molecule is C=CC1=C(C(=C)N)C(=O)c2c(NCCC[N+](C)(C)Cc3ccccc3)ccc(N)c2C1=O. The van der Waals surface area contributed by atoms with Gasteiger partial charge >= 0.3 is 0 Å². The van der Waals surface area contributed by atoms with E-state index in [2.05, 4.69) is 56.8 Å². The monoisotopic (exact) mass is 431 g/mol. The van der Waals surface area contributed by atoms with Crippen molar-refractivity contribution in [1.82, 2.24) is 0 Å². The van der Waals surface area contributed by atoms with Gasteiger partial charge in [-0.15, -0.1) is 0 Å². The van der Waals surface area contributed by atoms with E-state index in [4.69, 9.17) is 11.5 Å². The summed E-state index contributed by atoms with van der Waals surface area (Å²) in [7, 11) is 4.39. The summed E-state index contributed by atoms with van der Waals surface area (Å²) in [5.74, 6) is -0.727. The van der Waals surface area contributed by atoms with Crippen molar-refractivity contribution in [2.75, 3.05) is 38.2 Å². The number of nitrogens with zero attached hydrogens (tertiary/aromatic N) is 1. The van der Waals surface area contributed by atoms with E-state index in [1.807, 2.05) is 6.07 Å². The van der Waals surface area contributed by atoms with E-state index in [-0.39, 0.29) is 45.2 Å². The third kappa shape index (κ3) is 4.65. The second-order valence-electron chi connectivity index (χ2n) is 8.71. The highest BCUT2D eigenvalue weighted by atomic mass is 16.1. The van der Waals surface area contributed by atoms with Crippen LogP contribution in [-0.4, -0.2) is 43.2 Å². The van der Waals surface area contributed by atoms with Crippen LogP contribution >= 0.6 is 0 Å². The van der Waals surface area contributed by atoms with Gasteiger partial charge in [0.25, 0.3) is 0 Å². The molecule has 0 saturated carbocycles. The minimum absolute atomic E-state index is 0.0391. The van der Waals surface area contributed by atoms with Gasteiger partial charge in [0.05, 0.1) is 37.3 Å². The van der Waals surface area contributed by atoms with Gasteiger partial charge in [-0.05, 0) is 12.1 Å². The normalized spacial score (nSPS) is 13.7. The lowest BCUT2D eigenvalue weighted by atomic mass is 9.81. The first-order valence-corrected chi connectivity index (χ1v) is 10.6. The van der Waals surface area contributed by atoms with Crippen molar-refractivity contribution in [2.45, 2.75) is 13.0 Å². The zero-order valence-corrected chi connectivity index (χ0v) is 18.8. The number of benzene rings is 2. The molecule has 0 unspecified atom stereocenters. The molecule has 0 aliphatic heterocycles. The molecule has 3 rings (SSSR count). The maximum atomic E-state index is 13.2. The largest absolute Gasteiger partial charge is 0.399 e. The molecule has 0 saturated heterocycles. The van der Waals surface area contributed by atoms with Gasteiger partial charge in [-0.1, -0.05) is 49.6 Å². The average molecular weight is 432 g/mol. The zero-order valence-electron chi connectivity index (χ0n) is 18.8. The Labute approximate surface area is 189 Å². The molecule has 0 amide bonds. The molecule has 0 spiro atoms. The van der Waals surface area contributed by atoms with E-state index in [0.29, 0.717) is 12.2 Å². The molecule has 0 bridgehead atoms. The number of quaternary nitrogens is 1. The molecule has 5 N–H and O–H groups in total. The average Bonchev–Trinajstić information content (AvgIpc) is 2.74. The van der Waals surface area contributed by atoms with Gasteiger partial charge in [-0.25, -0.2) is 0 Å². The van der Waals surface area contributed by atoms with E-state index >= 15 is 0 Å². The van der Waals surface area contributed by atoms with Gasteiger partial charge in [-0.2, -0.15) is 0 Å². The van der Waals surface area contributed by atoms with Gasteiger partial charge in [-0.3, -0.25) is 9.59 Å². The second-order valence-corrected chi connectivity index (χ2v) is 8.71. The number of hydrogen-bond donors (Lipinski definition) is 3. The predicted octanol–water partition coefficient (Wildman–Crippen LogP) is 3.68. The summed E-state index contributed by atoms with van der Waals surface area (Å²) in [5, 5.41) is 3.32. The highest BCUT2D eigenvalue weighted by Gasteiger charge is 2.35. The molecule has 166 valence electrons. The first-order chi connectivity index (χ1) is 15.2. The number of Topliss-reactive ketones (excluding diaryl/α,β-unsaturated/α-hetero) is 2. The van der Waals surface area contributed by atoms with Crippen LogP contribution in [0.3, 0.4) is 0 Å². The van der Waals surface area contributed by atoms with Gasteiger partial charge in [0.15, 0.2) is 11.6 Å². The number of allylic oxidation sites excluding steroid dienone is 3. The first kappa shape index (κ1) is 23.0. The van der Waals surface area contributed by atoms with E-state index in [1.54, 1.807) is 12.1 Å². The minimum atomic E-state index is -0.364. The van der Waals surface area contributed by atoms with Gasteiger partial charge in [0.1, 0.15) is 6.54 Å². The first-order valence-electron chi connectivity index (χ1n) is 10.6. The Hall–Kier alpha value is -3.64. The maximum Gasteiger partial charge on any atom is 0.198 e. The second kappa shape index (κ2) is 9.24. The van der Waals surface area contributed by atoms with E-state index < -0.39 is 0 Å². The molecule has 6 heteroatoms. The van der Waals surface area contributed by atoms with Crippen molar-refractivity contribution < 1.29 is 14.1 Å². The number of nitrogen functional groups attached to an aromatic ring is 1. The van der Waals surface area contributed by atoms with Gasteiger partial charge in [0.2, 0.25) is 0 Å². The summed E-state index contributed by atoms with van der Waals surface area (Å²) < 4.78 is 0.839. The van der Waals surface area contributed by atoms with Crippen molar-refractivity contribution >= 4 is 22.9 Å². The van der Waals surface area contributed by atoms with E-state index in [1.165, 1.54) is 11.6 Å². The van der Waals surface area contributed by atoms with Crippen LogP contribution in [0.5, 0.6) is 0 Å². The molecule has 0 aromatic heterocycles. The van der Waals surface area contributed by atoms with Gasteiger partial charge in [0, 0.05) is 41.2 Å². The zero-order chi connectivity index (χ0) is 23.5. The molecule has 1 aliphatic rings. The van der Waals surface area contributed by atoms with E-state index in [0.717, 1.165) is 24.0 Å². The third-order valence-corrected chi connectivity index (χ3v) is 5.67. The smallest absolute Gasteiger partial charge is 0.198 e. The Balaban J connectivity index is 1.76. The van der Waals surface area contributed by atoms with Crippen LogP contribution in [0, 0.1) is 0 Å². The molecule has 0 radical (unpaired) electrons.